The molecule has 0 unspecified atom stereocenters. The minimum atomic E-state index is -0.929. The van der Waals surface area contributed by atoms with Gasteiger partial charge in [-0.15, -0.1) is 11.3 Å². The van der Waals surface area contributed by atoms with Gasteiger partial charge in [0.15, 0.2) is 11.5 Å². The van der Waals surface area contributed by atoms with Gasteiger partial charge in [0.1, 0.15) is 0 Å². The van der Waals surface area contributed by atoms with Crippen molar-refractivity contribution in [3.8, 4) is 11.5 Å². The molecule has 0 saturated heterocycles. The van der Waals surface area contributed by atoms with Crippen LogP contribution in [-0.2, 0) is 6.54 Å². The maximum Gasteiger partial charge on any atom is 0.336 e. The summed E-state index contributed by atoms with van der Waals surface area (Å²) < 4.78 is 10.4. The Bertz CT molecular complexity index is 656. The van der Waals surface area contributed by atoms with E-state index in [2.05, 4.69) is 5.32 Å². The van der Waals surface area contributed by atoms with E-state index >= 15 is 0 Å². The van der Waals surface area contributed by atoms with E-state index in [4.69, 9.17) is 26.2 Å². The number of nitrogens with one attached hydrogen (secondary N) is 1. The molecule has 1 heterocycles. The maximum absolute atomic E-state index is 10.8. The number of hydrogen-bond donors (Lipinski definition) is 2. The van der Waals surface area contributed by atoms with Gasteiger partial charge < -0.3 is 19.9 Å². The van der Waals surface area contributed by atoms with Gasteiger partial charge in [0.05, 0.1) is 30.5 Å². The summed E-state index contributed by atoms with van der Waals surface area (Å²) in [6.07, 6.45) is 0. The smallest absolute Gasteiger partial charge is 0.336 e. The normalized spacial score (nSPS) is 10.2. The van der Waals surface area contributed by atoms with E-state index in [1.54, 1.807) is 37.8 Å². The number of benzene rings is 1. The molecule has 0 fully saturated rings. The first kappa shape index (κ1) is 15.5. The van der Waals surface area contributed by atoms with Crippen LogP contribution in [0.25, 0.3) is 0 Å². The summed E-state index contributed by atoms with van der Waals surface area (Å²) in [7, 11) is 3.09. The lowest BCUT2D eigenvalue weighted by Gasteiger charge is -2.12. The highest BCUT2D eigenvalue weighted by Crippen LogP contribution is 2.36. The Kier molecular flexibility index (Phi) is 4.93. The fraction of sp³-hybridized carbons (Fsp3) is 0.214. The number of anilines is 1. The van der Waals surface area contributed by atoms with Gasteiger partial charge in [-0.05, 0) is 6.07 Å². The van der Waals surface area contributed by atoms with Crippen LogP contribution in [-0.4, -0.2) is 25.3 Å². The monoisotopic (exact) mass is 327 g/mol. The number of aromatic carboxylic acids is 1. The standard InChI is InChI=1S/C14H14ClNO4S/c1-19-12-4-10(15)11(5-13(12)20-2)16-6-9-3-8(7-21-9)14(17)18/h3-5,7,16H,6H2,1-2H3,(H,17,18). The summed E-state index contributed by atoms with van der Waals surface area (Å²) in [5, 5.41) is 14.2. The summed E-state index contributed by atoms with van der Waals surface area (Å²) in [6.45, 7) is 0.479. The molecule has 0 atom stereocenters. The van der Waals surface area contributed by atoms with E-state index in [0.29, 0.717) is 28.8 Å². The zero-order valence-corrected chi connectivity index (χ0v) is 13.0. The van der Waals surface area contributed by atoms with Crippen molar-refractivity contribution in [3.63, 3.8) is 0 Å². The van der Waals surface area contributed by atoms with E-state index < -0.39 is 5.97 Å². The fourth-order valence-corrected chi connectivity index (χ4v) is 2.78. The van der Waals surface area contributed by atoms with Crippen LogP contribution in [0, 0.1) is 0 Å². The summed E-state index contributed by atoms with van der Waals surface area (Å²) >= 11 is 7.55. The van der Waals surface area contributed by atoms with Crippen LogP contribution in [0.15, 0.2) is 23.6 Å². The number of thiophene rings is 1. The highest BCUT2D eigenvalue weighted by molar-refractivity contribution is 7.10. The number of carbonyl (C=O) groups is 1. The summed E-state index contributed by atoms with van der Waals surface area (Å²) in [4.78, 5) is 11.7. The second kappa shape index (κ2) is 6.69. The van der Waals surface area contributed by atoms with Crippen LogP contribution in [0.4, 0.5) is 5.69 Å². The van der Waals surface area contributed by atoms with Gasteiger partial charge in [-0.25, -0.2) is 4.79 Å². The first-order chi connectivity index (χ1) is 10.0. The molecular formula is C14H14ClNO4S. The minimum Gasteiger partial charge on any atom is -0.493 e. The number of methoxy groups -OCH3 is 2. The van der Waals surface area contributed by atoms with Crippen molar-refractivity contribution in [3.05, 3.63) is 39.0 Å². The van der Waals surface area contributed by atoms with Gasteiger partial charge >= 0.3 is 5.97 Å². The molecule has 0 aliphatic rings. The second-order valence-corrected chi connectivity index (χ2v) is 5.55. The summed E-state index contributed by atoms with van der Waals surface area (Å²) in [6, 6.07) is 5.04. The van der Waals surface area contributed by atoms with Crippen molar-refractivity contribution < 1.29 is 19.4 Å². The minimum absolute atomic E-state index is 0.287. The van der Waals surface area contributed by atoms with Gasteiger partial charge in [0.25, 0.3) is 0 Å². The molecule has 0 aliphatic carbocycles. The zero-order valence-electron chi connectivity index (χ0n) is 11.5. The Balaban J connectivity index is 2.13. The highest BCUT2D eigenvalue weighted by atomic mass is 35.5. The molecule has 0 saturated carbocycles. The quantitative estimate of drug-likeness (QED) is 0.846. The fourth-order valence-electron chi connectivity index (χ4n) is 1.76. The average molecular weight is 328 g/mol. The molecule has 21 heavy (non-hydrogen) atoms. The zero-order chi connectivity index (χ0) is 15.4. The van der Waals surface area contributed by atoms with Gasteiger partial charge in [0, 0.05) is 28.9 Å². The molecule has 0 aliphatic heterocycles. The first-order valence-corrected chi connectivity index (χ1v) is 7.27. The van der Waals surface area contributed by atoms with Gasteiger partial charge in [0.2, 0.25) is 0 Å². The third kappa shape index (κ3) is 3.59. The third-order valence-corrected chi connectivity index (χ3v) is 4.08. The van der Waals surface area contributed by atoms with E-state index in [-0.39, 0.29) is 5.56 Å². The average Bonchev–Trinajstić information content (AvgIpc) is 2.94. The lowest BCUT2D eigenvalue weighted by Crippen LogP contribution is -2.00. The molecule has 112 valence electrons. The van der Waals surface area contributed by atoms with E-state index in [9.17, 15) is 4.79 Å². The Labute approximate surface area is 131 Å². The number of halogens is 1. The molecule has 0 amide bonds. The Morgan fingerprint density at radius 1 is 1.29 bits per heavy atom. The molecule has 0 bridgehead atoms. The van der Waals surface area contributed by atoms with Gasteiger partial charge in [-0.1, -0.05) is 11.6 Å². The van der Waals surface area contributed by atoms with Gasteiger partial charge in [-0.3, -0.25) is 0 Å². The van der Waals surface area contributed by atoms with E-state index in [0.717, 1.165) is 4.88 Å². The molecule has 0 radical (unpaired) electrons. The third-order valence-electron chi connectivity index (χ3n) is 2.83. The highest BCUT2D eigenvalue weighted by Gasteiger charge is 2.11. The Hall–Kier alpha value is -1.92. The predicted molar refractivity (Wildman–Crippen MR) is 83.2 cm³/mol. The van der Waals surface area contributed by atoms with Crippen LogP contribution in [0.1, 0.15) is 15.2 Å². The molecular weight excluding hydrogens is 314 g/mol. The van der Waals surface area contributed by atoms with Crippen molar-refractivity contribution in [2.75, 3.05) is 19.5 Å². The Morgan fingerprint density at radius 3 is 2.52 bits per heavy atom. The summed E-state index contributed by atoms with van der Waals surface area (Å²) in [5.74, 6) is 0.195. The largest absolute Gasteiger partial charge is 0.493 e. The predicted octanol–water partition coefficient (Wildman–Crippen LogP) is 3.73. The van der Waals surface area contributed by atoms with E-state index in [1.807, 2.05) is 0 Å². The van der Waals surface area contributed by atoms with Crippen LogP contribution in [0.5, 0.6) is 11.5 Å². The number of hydrogen-bond acceptors (Lipinski definition) is 5. The van der Waals surface area contributed by atoms with Crippen molar-refractivity contribution >= 4 is 34.6 Å². The molecule has 1 aromatic heterocycles. The molecule has 1 aromatic carbocycles. The first-order valence-electron chi connectivity index (χ1n) is 6.01. The van der Waals surface area contributed by atoms with Crippen LogP contribution < -0.4 is 14.8 Å². The SMILES string of the molecule is COc1cc(Cl)c(NCc2cc(C(=O)O)cs2)cc1OC. The molecule has 0 spiro atoms. The molecule has 2 aromatic rings. The molecule has 7 heteroatoms. The van der Waals surface area contributed by atoms with Gasteiger partial charge in [-0.2, -0.15) is 0 Å². The number of ether oxygens (including phenoxy) is 2. The lowest BCUT2D eigenvalue weighted by atomic mass is 10.2. The van der Waals surface area contributed by atoms with Crippen LogP contribution >= 0.6 is 22.9 Å². The second-order valence-electron chi connectivity index (χ2n) is 4.15. The van der Waals surface area contributed by atoms with Crippen molar-refractivity contribution in [1.29, 1.82) is 0 Å². The molecule has 5 nitrogen and oxygen atoms in total. The molecule has 2 N–H and O–H groups in total. The van der Waals surface area contributed by atoms with Crippen LogP contribution in [0.2, 0.25) is 5.02 Å². The number of rotatable bonds is 6. The maximum atomic E-state index is 10.8. The summed E-state index contributed by atoms with van der Waals surface area (Å²) in [5.41, 5.74) is 0.981. The Morgan fingerprint density at radius 2 is 1.95 bits per heavy atom. The number of carboxylic acid groups (broad SMARTS) is 1. The number of carboxylic acids is 1. The van der Waals surface area contributed by atoms with Crippen molar-refractivity contribution in [2.24, 2.45) is 0 Å². The van der Waals surface area contributed by atoms with Crippen LogP contribution in [0.3, 0.4) is 0 Å². The van der Waals surface area contributed by atoms with Crippen molar-refractivity contribution in [1.82, 2.24) is 0 Å². The van der Waals surface area contributed by atoms with Crippen molar-refractivity contribution in [2.45, 2.75) is 6.54 Å². The molecule has 2 rings (SSSR count). The van der Waals surface area contributed by atoms with E-state index in [1.165, 1.54) is 11.3 Å². The lowest BCUT2D eigenvalue weighted by molar-refractivity contribution is 0.0697. The topological polar surface area (TPSA) is 67.8 Å².